The Kier molecular flexibility index (Phi) is 6.13. The third-order valence-corrected chi connectivity index (χ3v) is 7.37. The number of hydrogen-bond donors (Lipinski definition) is 2. The van der Waals surface area contributed by atoms with Gasteiger partial charge >= 0.3 is 6.18 Å². The zero-order valence-electron chi connectivity index (χ0n) is 18.0. The van der Waals surface area contributed by atoms with Gasteiger partial charge in [-0.05, 0) is 50.1 Å². The maximum absolute atomic E-state index is 13.9. The molecule has 0 radical (unpaired) electrons. The number of sulfonamides is 1. The van der Waals surface area contributed by atoms with Gasteiger partial charge in [-0.15, -0.1) is 0 Å². The number of halogens is 3. The van der Waals surface area contributed by atoms with Gasteiger partial charge in [-0.3, -0.25) is 4.79 Å². The van der Waals surface area contributed by atoms with Gasteiger partial charge in [-0.25, -0.2) is 13.1 Å². The first-order valence-electron chi connectivity index (χ1n) is 10.4. The Bertz CT molecular complexity index is 1330. The molecule has 0 bridgehead atoms. The molecule has 0 spiro atoms. The Morgan fingerprint density at radius 2 is 1.74 bits per heavy atom. The zero-order valence-corrected chi connectivity index (χ0v) is 18.8. The van der Waals surface area contributed by atoms with Crippen molar-refractivity contribution in [2.24, 2.45) is 0 Å². The van der Waals surface area contributed by atoms with Crippen LogP contribution >= 0.6 is 0 Å². The van der Waals surface area contributed by atoms with Crippen molar-refractivity contribution in [3.05, 3.63) is 65.5 Å². The fourth-order valence-corrected chi connectivity index (χ4v) is 5.26. The fourth-order valence-electron chi connectivity index (χ4n) is 3.71. The minimum atomic E-state index is -4.92. The SMILES string of the molecule is Cc1ccc(-n2ncc(C(=O)Nc3cc(S(=O)(=O)N4CCCC4)ccc3O)c2C(F)(F)F)cc1. The number of amides is 1. The summed E-state index contributed by atoms with van der Waals surface area (Å²) in [6.07, 6.45) is -2.71. The standard InChI is InChI=1S/C22H21F3N4O4S/c1-14-4-6-15(7-5-14)29-20(22(23,24)25)17(13-26-29)21(31)27-18-12-16(8-9-19(18)30)34(32,33)28-10-2-3-11-28/h4-9,12-13,30H,2-3,10-11H2,1H3,(H,27,31). The number of alkyl halides is 3. The van der Waals surface area contributed by atoms with Gasteiger partial charge < -0.3 is 10.4 Å². The van der Waals surface area contributed by atoms with Crippen molar-refractivity contribution in [3.8, 4) is 11.4 Å². The second-order valence-electron chi connectivity index (χ2n) is 7.90. The minimum Gasteiger partial charge on any atom is -0.506 e. The van der Waals surface area contributed by atoms with E-state index in [1.807, 2.05) is 0 Å². The summed E-state index contributed by atoms with van der Waals surface area (Å²) < 4.78 is 69.2. The lowest BCUT2D eigenvalue weighted by Crippen LogP contribution is -2.28. The molecule has 1 saturated heterocycles. The van der Waals surface area contributed by atoms with Crippen LogP contribution in [0.1, 0.15) is 34.5 Å². The van der Waals surface area contributed by atoms with Gasteiger partial charge in [0.2, 0.25) is 10.0 Å². The maximum Gasteiger partial charge on any atom is 0.434 e. The molecule has 2 aromatic carbocycles. The molecule has 0 saturated carbocycles. The number of aryl methyl sites for hydroxylation is 1. The van der Waals surface area contributed by atoms with Gasteiger partial charge in [0.15, 0.2) is 5.69 Å². The van der Waals surface area contributed by atoms with Gasteiger partial charge in [-0.1, -0.05) is 17.7 Å². The maximum atomic E-state index is 13.9. The van der Waals surface area contributed by atoms with Crippen molar-refractivity contribution in [3.63, 3.8) is 0 Å². The van der Waals surface area contributed by atoms with E-state index in [0.29, 0.717) is 30.6 Å². The molecule has 1 aliphatic heterocycles. The van der Waals surface area contributed by atoms with Crippen molar-refractivity contribution >= 4 is 21.6 Å². The van der Waals surface area contributed by atoms with E-state index in [-0.39, 0.29) is 16.3 Å². The Balaban J connectivity index is 1.69. The topological polar surface area (TPSA) is 105 Å². The third kappa shape index (κ3) is 4.50. The second kappa shape index (κ2) is 8.76. The van der Waals surface area contributed by atoms with Gasteiger partial charge in [0.1, 0.15) is 5.75 Å². The number of carbonyl (C=O) groups excluding carboxylic acids is 1. The van der Waals surface area contributed by atoms with Crippen molar-refractivity contribution in [1.82, 2.24) is 14.1 Å². The van der Waals surface area contributed by atoms with E-state index in [4.69, 9.17) is 0 Å². The van der Waals surface area contributed by atoms with E-state index in [0.717, 1.165) is 23.9 Å². The Labute approximate surface area is 193 Å². The molecular formula is C22H21F3N4O4S. The van der Waals surface area contributed by atoms with Gasteiger partial charge in [0.25, 0.3) is 5.91 Å². The molecule has 34 heavy (non-hydrogen) atoms. The van der Waals surface area contributed by atoms with Gasteiger partial charge in [0, 0.05) is 13.1 Å². The van der Waals surface area contributed by atoms with Crippen molar-refractivity contribution in [1.29, 1.82) is 0 Å². The second-order valence-corrected chi connectivity index (χ2v) is 9.83. The monoisotopic (exact) mass is 494 g/mol. The highest BCUT2D eigenvalue weighted by atomic mass is 32.2. The van der Waals surface area contributed by atoms with Crippen LogP contribution in [0, 0.1) is 6.92 Å². The van der Waals surface area contributed by atoms with Crippen LogP contribution in [0.4, 0.5) is 18.9 Å². The zero-order chi connectivity index (χ0) is 24.7. The predicted molar refractivity (Wildman–Crippen MR) is 117 cm³/mol. The molecule has 2 heterocycles. The van der Waals surface area contributed by atoms with Crippen LogP contribution in [-0.2, 0) is 16.2 Å². The smallest absolute Gasteiger partial charge is 0.434 e. The number of anilines is 1. The van der Waals surface area contributed by atoms with E-state index < -0.39 is 39.1 Å². The molecule has 12 heteroatoms. The largest absolute Gasteiger partial charge is 0.506 e. The summed E-state index contributed by atoms with van der Waals surface area (Å²) in [6.45, 7) is 2.47. The highest BCUT2D eigenvalue weighted by molar-refractivity contribution is 7.89. The molecule has 3 aromatic rings. The minimum absolute atomic E-state index is 0.110. The lowest BCUT2D eigenvalue weighted by atomic mass is 10.2. The van der Waals surface area contributed by atoms with E-state index >= 15 is 0 Å². The number of carbonyl (C=O) groups is 1. The summed E-state index contributed by atoms with van der Waals surface area (Å²) in [5.74, 6) is -1.69. The summed E-state index contributed by atoms with van der Waals surface area (Å²) in [5.41, 5.74) is -1.46. The van der Waals surface area contributed by atoms with Crippen LogP contribution in [0.15, 0.2) is 53.6 Å². The number of hydrogen-bond acceptors (Lipinski definition) is 5. The highest BCUT2D eigenvalue weighted by Gasteiger charge is 2.40. The number of aromatic nitrogens is 2. The molecule has 1 fully saturated rings. The van der Waals surface area contributed by atoms with Crippen LogP contribution in [0.3, 0.4) is 0 Å². The molecule has 0 aliphatic carbocycles. The molecule has 1 aliphatic rings. The van der Waals surface area contributed by atoms with E-state index in [1.165, 1.54) is 22.5 Å². The molecule has 1 amide bonds. The number of rotatable bonds is 5. The average molecular weight is 494 g/mol. The summed E-state index contributed by atoms with van der Waals surface area (Å²) >= 11 is 0. The van der Waals surface area contributed by atoms with E-state index in [1.54, 1.807) is 19.1 Å². The molecule has 4 rings (SSSR count). The number of nitrogens with zero attached hydrogens (tertiary/aromatic N) is 3. The molecule has 1 aromatic heterocycles. The number of aromatic hydroxyl groups is 1. The quantitative estimate of drug-likeness (QED) is 0.523. The number of benzene rings is 2. The molecule has 2 N–H and O–H groups in total. The molecule has 0 atom stereocenters. The lowest BCUT2D eigenvalue weighted by Gasteiger charge is -2.17. The fraction of sp³-hybridized carbons (Fsp3) is 0.273. The van der Waals surface area contributed by atoms with Crippen LogP contribution in [0.5, 0.6) is 5.75 Å². The molecule has 0 unspecified atom stereocenters. The van der Waals surface area contributed by atoms with Crippen LogP contribution in [0.2, 0.25) is 0 Å². The predicted octanol–water partition coefficient (Wildman–Crippen LogP) is 3.94. The Hall–Kier alpha value is -3.38. The Morgan fingerprint density at radius 1 is 1.09 bits per heavy atom. The van der Waals surface area contributed by atoms with Crippen molar-refractivity contribution < 1.29 is 31.5 Å². The summed E-state index contributed by atoms with van der Waals surface area (Å²) in [7, 11) is -3.87. The Morgan fingerprint density at radius 3 is 2.35 bits per heavy atom. The van der Waals surface area contributed by atoms with Gasteiger partial charge in [-0.2, -0.15) is 22.6 Å². The molecule has 8 nitrogen and oxygen atoms in total. The molecule has 180 valence electrons. The highest BCUT2D eigenvalue weighted by Crippen LogP contribution is 2.35. The van der Waals surface area contributed by atoms with Gasteiger partial charge in [0.05, 0.1) is 28.0 Å². The van der Waals surface area contributed by atoms with Crippen LogP contribution in [0.25, 0.3) is 5.69 Å². The lowest BCUT2D eigenvalue weighted by molar-refractivity contribution is -0.143. The van der Waals surface area contributed by atoms with Crippen LogP contribution < -0.4 is 5.32 Å². The summed E-state index contributed by atoms with van der Waals surface area (Å²) in [6, 6.07) is 9.38. The normalized spacial score (nSPS) is 14.9. The first kappa shape index (κ1) is 23.8. The number of nitrogens with one attached hydrogen (secondary N) is 1. The van der Waals surface area contributed by atoms with E-state index in [2.05, 4.69) is 10.4 Å². The summed E-state index contributed by atoms with van der Waals surface area (Å²) in [4.78, 5) is 12.6. The number of phenols is 1. The van der Waals surface area contributed by atoms with Crippen molar-refractivity contribution in [2.45, 2.75) is 30.8 Å². The van der Waals surface area contributed by atoms with Crippen molar-refractivity contribution in [2.75, 3.05) is 18.4 Å². The molecular weight excluding hydrogens is 473 g/mol. The first-order chi connectivity index (χ1) is 16.0. The average Bonchev–Trinajstić information content (AvgIpc) is 3.46. The van der Waals surface area contributed by atoms with Crippen LogP contribution in [-0.4, -0.2) is 46.6 Å². The summed E-state index contributed by atoms with van der Waals surface area (Å²) in [5, 5.41) is 16.1. The van der Waals surface area contributed by atoms with E-state index in [9.17, 15) is 31.5 Å². The number of phenolic OH excluding ortho intramolecular Hbond substituents is 1. The third-order valence-electron chi connectivity index (χ3n) is 5.48. The first-order valence-corrected chi connectivity index (χ1v) is 11.8.